The molecule has 0 saturated heterocycles. The summed E-state index contributed by atoms with van der Waals surface area (Å²) in [5.41, 5.74) is 2.14. The predicted molar refractivity (Wildman–Crippen MR) is 78.4 cm³/mol. The van der Waals surface area contributed by atoms with Crippen molar-refractivity contribution in [3.05, 3.63) is 50.2 Å². The molecule has 21 heavy (non-hydrogen) atoms. The van der Waals surface area contributed by atoms with Crippen molar-refractivity contribution in [2.75, 3.05) is 10.7 Å². The van der Waals surface area contributed by atoms with Crippen molar-refractivity contribution in [2.45, 2.75) is 0 Å². The minimum Gasteiger partial charge on any atom is -0.338 e. The zero-order chi connectivity index (χ0) is 15.6. The van der Waals surface area contributed by atoms with Crippen LogP contribution < -0.4 is 16.6 Å². The Balaban J connectivity index is 2.44. The van der Waals surface area contributed by atoms with Gasteiger partial charge in [0.05, 0.1) is 32.8 Å². The minimum atomic E-state index is -0.610. The number of halogens is 3. The highest BCUT2D eigenvalue weighted by Gasteiger charge is 2.14. The minimum absolute atomic E-state index is 0.00978. The van der Waals surface area contributed by atoms with Crippen LogP contribution in [-0.4, -0.2) is 9.91 Å². The van der Waals surface area contributed by atoms with Crippen molar-refractivity contribution < 1.29 is 9.31 Å². The second-order valence-electron chi connectivity index (χ2n) is 3.87. The van der Waals surface area contributed by atoms with Crippen LogP contribution in [0.1, 0.15) is 0 Å². The maximum Gasteiger partial charge on any atom is 0.276 e. The number of pyridine rings is 1. The summed E-state index contributed by atoms with van der Waals surface area (Å²) in [7, 11) is 0. The second-order valence-corrected chi connectivity index (χ2v) is 4.68. The van der Waals surface area contributed by atoms with Crippen LogP contribution in [-0.2, 0) is 0 Å². The first-order chi connectivity index (χ1) is 9.90. The van der Waals surface area contributed by atoms with Gasteiger partial charge in [0, 0.05) is 0 Å². The molecule has 1 aromatic heterocycles. The van der Waals surface area contributed by atoms with E-state index in [0.29, 0.717) is 0 Å². The number of hydrogen-bond acceptors (Lipinski definition) is 6. The normalized spacial score (nSPS) is 10.3. The predicted octanol–water partition coefficient (Wildman–Crippen LogP) is 3.46. The van der Waals surface area contributed by atoms with Crippen LogP contribution >= 0.6 is 23.2 Å². The molecule has 4 N–H and O–H groups in total. The van der Waals surface area contributed by atoms with Crippen molar-refractivity contribution in [1.29, 1.82) is 0 Å². The van der Waals surface area contributed by atoms with Crippen LogP contribution in [0.25, 0.3) is 0 Å². The molecule has 0 aliphatic rings. The van der Waals surface area contributed by atoms with Gasteiger partial charge in [0.15, 0.2) is 0 Å². The number of hydrazine groups is 1. The van der Waals surface area contributed by atoms with Crippen LogP contribution in [0.3, 0.4) is 0 Å². The number of nitro groups is 1. The summed E-state index contributed by atoms with van der Waals surface area (Å²) < 4.78 is 13.1. The maximum atomic E-state index is 13.1. The molecular formula is C11H8Cl2FN5O2. The highest BCUT2D eigenvalue weighted by atomic mass is 35.5. The molecule has 1 heterocycles. The lowest BCUT2D eigenvalue weighted by atomic mass is 10.3. The van der Waals surface area contributed by atoms with Gasteiger partial charge < -0.3 is 10.7 Å². The number of aromatic nitrogens is 1. The van der Waals surface area contributed by atoms with E-state index >= 15 is 0 Å². The largest absolute Gasteiger partial charge is 0.338 e. The van der Waals surface area contributed by atoms with E-state index in [2.05, 4.69) is 15.7 Å². The number of anilines is 3. The summed E-state index contributed by atoms with van der Waals surface area (Å²) in [5.74, 6) is 4.74. The summed E-state index contributed by atoms with van der Waals surface area (Å²) in [6, 6.07) is 4.42. The molecular weight excluding hydrogens is 324 g/mol. The third-order valence-corrected chi connectivity index (χ3v) is 3.02. The molecule has 110 valence electrons. The highest BCUT2D eigenvalue weighted by Crippen LogP contribution is 2.34. The summed E-state index contributed by atoms with van der Waals surface area (Å²) >= 11 is 11.7. The number of benzene rings is 1. The molecule has 0 unspecified atom stereocenters. The van der Waals surface area contributed by atoms with Gasteiger partial charge in [-0.05, 0) is 12.1 Å². The number of hydrogen-bond donors (Lipinski definition) is 3. The molecule has 0 aliphatic heterocycles. The average molecular weight is 332 g/mol. The molecule has 0 fully saturated rings. The molecule has 0 amide bonds. The van der Waals surface area contributed by atoms with E-state index in [4.69, 9.17) is 29.0 Å². The van der Waals surface area contributed by atoms with E-state index < -0.39 is 10.7 Å². The molecule has 10 heteroatoms. The van der Waals surface area contributed by atoms with Gasteiger partial charge in [0.25, 0.3) is 5.69 Å². The summed E-state index contributed by atoms with van der Waals surface area (Å²) in [6.45, 7) is 0. The quantitative estimate of drug-likeness (QED) is 0.450. The molecule has 2 aromatic rings. The number of nitrogen functional groups attached to an aromatic ring is 1. The number of rotatable bonds is 4. The van der Waals surface area contributed by atoms with E-state index in [-0.39, 0.29) is 33.1 Å². The Morgan fingerprint density at radius 2 is 1.76 bits per heavy atom. The third kappa shape index (κ3) is 3.48. The van der Waals surface area contributed by atoms with Crippen molar-refractivity contribution in [1.82, 2.24) is 4.98 Å². The van der Waals surface area contributed by atoms with Crippen molar-refractivity contribution in [3.63, 3.8) is 0 Å². The fourth-order valence-corrected chi connectivity index (χ4v) is 2.10. The van der Waals surface area contributed by atoms with E-state index in [0.717, 1.165) is 24.3 Å². The van der Waals surface area contributed by atoms with E-state index in [1.807, 2.05) is 0 Å². The lowest BCUT2D eigenvalue weighted by Crippen LogP contribution is -2.10. The standard InChI is InChI=1S/C11H8Cl2FN5O2/c12-7-1-5(14)2-8(13)11(7)17-9-3-6(19(20)21)4-10(16-9)18-15/h1-4H,15H2,(H2,16,17,18). The van der Waals surface area contributed by atoms with Gasteiger partial charge in [-0.2, -0.15) is 0 Å². The lowest BCUT2D eigenvalue weighted by molar-refractivity contribution is -0.384. The van der Waals surface area contributed by atoms with Gasteiger partial charge in [-0.25, -0.2) is 15.2 Å². The Morgan fingerprint density at radius 1 is 1.19 bits per heavy atom. The first-order valence-corrected chi connectivity index (χ1v) is 6.21. The smallest absolute Gasteiger partial charge is 0.276 e. The molecule has 1 aromatic carbocycles. The van der Waals surface area contributed by atoms with Crippen LogP contribution in [0.5, 0.6) is 0 Å². The van der Waals surface area contributed by atoms with Gasteiger partial charge in [0.1, 0.15) is 17.5 Å². The molecule has 7 nitrogen and oxygen atoms in total. The molecule has 0 spiro atoms. The second kappa shape index (κ2) is 6.08. The fraction of sp³-hybridized carbons (Fsp3) is 0. The third-order valence-electron chi connectivity index (χ3n) is 2.43. The van der Waals surface area contributed by atoms with Crippen LogP contribution in [0.4, 0.5) is 27.4 Å². The zero-order valence-corrected chi connectivity index (χ0v) is 11.7. The first-order valence-electron chi connectivity index (χ1n) is 5.45. The molecule has 2 rings (SSSR count). The molecule has 0 bridgehead atoms. The fourth-order valence-electron chi connectivity index (χ4n) is 1.55. The van der Waals surface area contributed by atoms with Gasteiger partial charge in [0.2, 0.25) is 0 Å². The van der Waals surface area contributed by atoms with Gasteiger partial charge in [-0.15, -0.1) is 0 Å². The van der Waals surface area contributed by atoms with Crippen LogP contribution in [0.2, 0.25) is 10.0 Å². The van der Waals surface area contributed by atoms with Crippen LogP contribution in [0, 0.1) is 15.9 Å². The van der Waals surface area contributed by atoms with E-state index in [1.54, 1.807) is 0 Å². The number of nitrogens with one attached hydrogen (secondary N) is 2. The SMILES string of the molecule is NNc1cc([N+](=O)[O-])cc(Nc2c(Cl)cc(F)cc2Cl)n1. The monoisotopic (exact) mass is 331 g/mol. The Kier molecular flexibility index (Phi) is 4.41. The van der Waals surface area contributed by atoms with Crippen molar-refractivity contribution in [2.24, 2.45) is 5.84 Å². The Morgan fingerprint density at radius 3 is 2.29 bits per heavy atom. The van der Waals surface area contributed by atoms with Gasteiger partial charge in [-0.1, -0.05) is 23.2 Å². The Labute approximate surface area is 128 Å². The Bertz CT molecular complexity index is 690. The van der Waals surface area contributed by atoms with Crippen molar-refractivity contribution in [3.8, 4) is 0 Å². The summed E-state index contributed by atoms with van der Waals surface area (Å²) in [5, 5.41) is 13.5. The topological polar surface area (TPSA) is 106 Å². The lowest BCUT2D eigenvalue weighted by Gasteiger charge is -2.11. The number of nitrogens with two attached hydrogens (primary N) is 1. The zero-order valence-electron chi connectivity index (χ0n) is 10.2. The molecule has 0 aliphatic carbocycles. The molecule has 0 radical (unpaired) electrons. The van der Waals surface area contributed by atoms with Crippen molar-refractivity contribution >= 4 is 46.2 Å². The van der Waals surface area contributed by atoms with Gasteiger partial charge >= 0.3 is 0 Å². The van der Waals surface area contributed by atoms with Crippen LogP contribution in [0.15, 0.2) is 24.3 Å². The maximum absolute atomic E-state index is 13.1. The number of nitrogens with zero attached hydrogens (tertiary/aromatic N) is 2. The van der Waals surface area contributed by atoms with E-state index in [1.165, 1.54) is 0 Å². The first kappa shape index (κ1) is 15.2. The summed E-state index contributed by atoms with van der Waals surface area (Å²) in [4.78, 5) is 14.2. The average Bonchev–Trinajstić information content (AvgIpc) is 2.42. The Hall–Kier alpha value is -2.16. The van der Waals surface area contributed by atoms with Gasteiger partial charge in [-0.3, -0.25) is 10.1 Å². The van der Waals surface area contributed by atoms with E-state index in [9.17, 15) is 14.5 Å². The summed E-state index contributed by atoms with van der Waals surface area (Å²) in [6.07, 6.45) is 0. The molecule has 0 saturated carbocycles. The molecule has 0 atom stereocenters. The highest BCUT2D eigenvalue weighted by molar-refractivity contribution is 6.39.